The first-order valence-electron chi connectivity index (χ1n) is 6.97. The van der Waals surface area contributed by atoms with Gasteiger partial charge in [0, 0.05) is 8.04 Å². The number of hydrogen-bond donors (Lipinski definition) is 1. The van der Waals surface area contributed by atoms with Crippen molar-refractivity contribution in [2.75, 3.05) is 6.54 Å². The Bertz CT molecular complexity index is 630. The van der Waals surface area contributed by atoms with Gasteiger partial charge in [0.05, 0.1) is 6.04 Å². The standard InChI is InChI=1S/C17H18BrFIN/c1-3-8-21-17(12-4-7-16(19)11(2)9-12)14-10-13(20)5-6-15(14)18/h4-7,9-10,17,21H,3,8H2,1-2H3. The lowest BCUT2D eigenvalue weighted by Crippen LogP contribution is -2.23. The van der Waals surface area contributed by atoms with Crippen LogP contribution in [0.5, 0.6) is 0 Å². The van der Waals surface area contributed by atoms with E-state index in [1.807, 2.05) is 12.1 Å². The summed E-state index contributed by atoms with van der Waals surface area (Å²) in [5.74, 6) is -0.158. The summed E-state index contributed by atoms with van der Waals surface area (Å²) in [5.41, 5.74) is 2.95. The van der Waals surface area contributed by atoms with E-state index in [1.165, 1.54) is 9.13 Å². The zero-order valence-corrected chi connectivity index (χ0v) is 15.8. The van der Waals surface area contributed by atoms with Gasteiger partial charge in [0.2, 0.25) is 0 Å². The second kappa shape index (κ2) is 7.70. The summed E-state index contributed by atoms with van der Waals surface area (Å²) in [5, 5.41) is 3.56. The lowest BCUT2D eigenvalue weighted by Gasteiger charge is -2.22. The van der Waals surface area contributed by atoms with Gasteiger partial charge in [-0.3, -0.25) is 0 Å². The van der Waals surface area contributed by atoms with Crippen LogP contribution < -0.4 is 5.32 Å². The van der Waals surface area contributed by atoms with E-state index in [0.29, 0.717) is 5.56 Å². The lowest BCUT2D eigenvalue weighted by molar-refractivity contribution is 0.588. The number of nitrogens with one attached hydrogen (secondary N) is 1. The molecule has 112 valence electrons. The van der Waals surface area contributed by atoms with Gasteiger partial charge < -0.3 is 5.32 Å². The molecule has 0 aromatic heterocycles. The van der Waals surface area contributed by atoms with Crippen molar-refractivity contribution < 1.29 is 4.39 Å². The summed E-state index contributed by atoms with van der Waals surface area (Å²) in [6.07, 6.45) is 1.05. The Morgan fingerprint density at radius 3 is 2.67 bits per heavy atom. The van der Waals surface area contributed by atoms with E-state index >= 15 is 0 Å². The molecule has 0 saturated heterocycles. The van der Waals surface area contributed by atoms with Crippen LogP contribution in [0.25, 0.3) is 0 Å². The van der Waals surface area contributed by atoms with Crippen molar-refractivity contribution in [2.45, 2.75) is 26.3 Å². The molecule has 0 radical (unpaired) electrons. The maximum absolute atomic E-state index is 13.5. The molecule has 0 aliphatic carbocycles. The van der Waals surface area contributed by atoms with Crippen LogP contribution in [-0.2, 0) is 0 Å². The molecule has 0 spiro atoms. The third-order valence-corrected chi connectivity index (χ3v) is 4.78. The van der Waals surface area contributed by atoms with Crippen molar-refractivity contribution in [1.82, 2.24) is 5.32 Å². The number of aryl methyl sites for hydroxylation is 1. The topological polar surface area (TPSA) is 12.0 Å². The lowest BCUT2D eigenvalue weighted by atomic mass is 9.97. The molecule has 0 aliphatic rings. The average molecular weight is 462 g/mol. The molecule has 0 fully saturated rings. The Hall–Kier alpha value is -0.460. The Morgan fingerprint density at radius 1 is 1.24 bits per heavy atom. The molecule has 1 atom stereocenters. The molecule has 21 heavy (non-hydrogen) atoms. The third-order valence-electron chi connectivity index (χ3n) is 3.38. The van der Waals surface area contributed by atoms with Crippen LogP contribution >= 0.6 is 38.5 Å². The monoisotopic (exact) mass is 461 g/mol. The SMILES string of the molecule is CCCNC(c1ccc(F)c(C)c1)c1cc(I)ccc1Br. The fourth-order valence-corrected chi connectivity index (χ4v) is 3.27. The number of rotatable bonds is 5. The largest absolute Gasteiger partial charge is 0.306 e. The summed E-state index contributed by atoms with van der Waals surface area (Å²) in [6.45, 7) is 4.86. The molecular weight excluding hydrogens is 444 g/mol. The smallest absolute Gasteiger partial charge is 0.126 e. The fourth-order valence-electron chi connectivity index (χ4n) is 2.28. The highest BCUT2D eigenvalue weighted by Gasteiger charge is 2.17. The molecule has 0 bridgehead atoms. The molecule has 0 amide bonds. The Balaban J connectivity index is 2.46. The average Bonchev–Trinajstić information content (AvgIpc) is 2.46. The van der Waals surface area contributed by atoms with Gasteiger partial charge in [0.15, 0.2) is 0 Å². The van der Waals surface area contributed by atoms with E-state index in [-0.39, 0.29) is 11.9 Å². The van der Waals surface area contributed by atoms with Gasteiger partial charge in [-0.15, -0.1) is 0 Å². The van der Waals surface area contributed by atoms with E-state index in [4.69, 9.17) is 0 Å². The molecular formula is C17H18BrFIN. The first kappa shape index (κ1) is 16.9. The van der Waals surface area contributed by atoms with Crippen LogP contribution in [0.15, 0.2) is 40.9 Å². The number of hydrogen-bond acceptors (Lipinski definition) is 1. The molecule has 2 aromatic rings. The van der Waals surface area contributed by atoms with Gasteiger partial charge in [-0.1, -0.05) is 35.0 Å². The predicted molar refractivity (Wildman–Crippen MR) is 98.1 cm³/mol. The van der Waals surface area contributed by atoms with Gasteiger partial charge >= 0.3 is 0 Å². The van der Waals surface area contributed by atoms with Crippen LogP contribution in [-0.4, -0.2) is 6.54 Å². The van der Waals surface area contributed by atoms with Crippen LogP contribution in [0, 0.1) is 16.3 Å². The second-order valence-corrected chi connectivity index (χ2v) is 7.16. The van der Waals surface area contributed by atoms with Crippen molar-refractivity contribution >= 4 is 38.5 Å². The van der Waals surface area contributed by atoms with Gasteiger partial charge in [-0.05, 0) is 83.4 Å². The predicted octanol–water partition coefficient (Wildman–Crippen LogP) is 5.59. The van der Waals surface area contributed by atoms with Crippen LogP contribution in [0.1, 0.15) is 36.1 Å². The summed E-state index contributed by atoms with van der Waals surface area (Å²) < 4.78 is 15.8. The molecule has 2 aromatic carbocycles. The van der Waals surface area contributed by atoms with E-state index in [2.05, 4.69) is 69.0 Å². The minimum absolute atomic E-state index is 0.0633. The summed E-state index contributed by atoms with van der Waals surface area (Å²) in [4.78, 5) is 0. The van der Waals surface area contributed by atoms with Crippen molar-refractivity contribution in [2.24, 2.45) is 0 Å². The van der Waals surface area contributed by atoms with Crippen molar-refractivity contribution in [1.29, 1.82) is 0 Å². The van der Waals surface area contributed by atoms with E-state index < -0.39 is 0 Å². The number of benzene rings is 2. The summed E-state index contributed by atoms with van der Waals surface area (Å²) in [7, 11) is 0. The molecule has 1 N–H and O–H groups in total. The summed E-state index contributed by atoms with van der Waals surface area (Å²) >= 11 is 5.95. The van der Waals surface area contributed by atoms with Crippen LogP contribution in [0.2, 0.25) is 0 Å². The fraction of sp³-hybridized carbons (Fsp3) is 0.294. The Morgan fingerprint density at radius 2 is 2.00 bits per heavy atom. The van der Waals surface area contributed by atoms with Gasteiger partial charge in [-0.25, -0.2) is 4.39 Å². The van der Waals surface area contributed by atoms with E-state index in [1.54, 1.807) is 13.0 Å². The van der Waals surface area contributed by atoms with Gasteiger partial charge in [0.1, 0.15) is 5.82 Å². The normalized spacial score (nSPS) is 12.4. The van der Waals surface area contributed by atoms with Crippen LogP contribution in [0.4, 0.5) is 4.39 Å². The molecule has 1 nitrogen and oxygen atoms in total. The molecule has 1 unspecified atom stereocenters. The van der Waals surface area contributed by atoms with Crippen molar-refractivity contribution in [3.05, 3.63) is 66.9 Å². The van der Waals surface area contributed by atoms with Gasteiger partial charge in [-0.2, -0.15) is 0 Å². The van der Waals surface area contributed by atoms with Crippen LogP contribution in [0.3, 0.4) is 0 Å². The van der Waals surface area contributed by atoms with Crippen molar-refractivity contribution in [3.8, 4) is 0 Å². The summed E-state index contributed by atoms with van der Waals surface area (Å²) in [6, 6.07) is 11.7. The quantitative estimate of drug-likeness (QED) is 0.572. The maximum atomic E-state index is 13.5. The highest BCUT2D eigenvalue weighted by Crippen LogP contribution is 2.31. The van der Waals surface area contributed by atoms with E-state index in [9.17, 15) is 4.39 Å². The van der Waals surface area contributed by atoms with E-state index in [0.717, 1.165) is 23.0 Å². The number of halogens is 3. The zero-order valence-electron chi connectivity index (χ0n) is 12.1. The maximum Gasteiger partial charge on any atom is 0.126 e. The Kier molecular flexibility index (Phi) is 6.20. The first-order valence-corrected chi connectivity index (χ1v) is 8.84. The minimum atomic E-state index is -0.158. The first-order chi connectivity index (χ1) is 10.0. The van der Waals surface area contributed by atoms with Crippen molar-refractivity contribution in [3.63, 3.8) is 0 Å². The molecule has 0 saturated carbocycles. The highest BCUT2D eigenvalue weighted by molar-refractivity contribution is 14.1. The zero-order chi connectivity index (χ0) is 15.4. The molecule has 4 heteroatoms. The van der Waals surface area contributed by atoms with Gasteiger partial charge in [0.25, 0.3) is 0 Å². The molecule has 2 rings (SSSR count). The highest BCUT2D eigenvalue weighted by atomic mass is 127. The minimum Gasteiger partial charge on any atom is -0.306 e. The third kappa shape index (κ3) is 4.27. The molecule has 0 aliphatic heterocycles. The Labute approximate surface area is 147 Å². The second-order valence-electron chi connectivity index (χ2n) is 5.06. The molecule has 0 heterocycles.